The third kappa shape index (κ3) is 4.66. The first-order valence-electron chi connectivity index (χ1n) is 8.66. The molecular formula is C20H26O4S. The molecule has 0 atom stereocenters. The smallest absolute Gasteiger partial charge is 0.182 e. The fourth-order valence-electron chi connectivity index (χ4n) is 3.33. The second-order valence-corrected chi connectivity index (χ2v) is 9.36. The summed E-state index contributed by atoms with van der Waals surface area (Å²) >= 11 is 0. The fraction of sp³-hybridized carbons (Fsp3) is 0.500. The van der Waals surface area contributed by atoms with E-state index in [1.54, 1.807) is 37.3 Å². The molecule has 1 aliphatic rings. The van der Waals surface area contributed by atoms with E-state index in [9.17, 15) is 18.0 Å². The van der Waals surface area contributed by atoms with Crippen molar-refractivity contribution in [2.24, 2.45) is 11.3 Å². The molecule has 0 unspecified atom stereocenters. The highest BCUT2D eigenvalue weighted by Crippen LogP contribution is 2.37. The lowest BCUT2D eigenvalue weighted by molar-refractivity contribution is -0.145. The van der Waals surface area contributed by atoms with Crippen LogP contribution >= 0.6 is 0 Å². The Bertz CT molecular complexity index is 744. The molecule has 1 aromatic rings. The zero-order valence-electron chi connectivity index (χ0n) is 15.0. The zero-order chi connectivity index (χ0) is 18.7. The lowest BCUT2D eigenvalue weighted by Crippen LogP contribution is -2.42. The summed E-state index contributed by atoms with van der Waals surface area (Å²) in [7, 11) is -3.39. The lowest BCUT2D eigenvalue weighted by Gasteiger charge is -2.33. The highest BCUT2D eigenvalue weighted by atomic mass is 32.2. The van der Waals surface area contributed by atoms with E-state index >= 15 is 0 Å². The van der Waals surface area contributed by atoms with Crippen LogP contribution in [-0.2, 0) is 19.4 Å². The number of carbonyl (C=O) groups excluding carboxylic acids is 2. The standard InChI is InChI=1S/C20H26O4S/c1-15(14-25(23,24)17-9-5-4-6-10-17)8-7-11-20(3)18(21)12-16(2)13-19(20)22/h4-6,9-10,16H,1,7-8,11-14H2,2-3H3. The van der Waals surface area contributed by atoms with Gasteiger partial charge in [0.15, 0.2) is 9.84 Å². The maximum atomic E-state index is 12.3. The largest absolute Gasteiger partial charge is 0.299 e. The van der Waals surface area contributed by atoms with E-state index in [2.05, 4.69) is 6.58 Å². The monoisotopic (exact) mass is 362 g/mol. The van der Waals surface area contributed by atoms with Crippen LogP contribution in [0.5, 0.6) is 0 Å². The van der Waals surface area contributed by atoms with Crippen molar-refractivity contribution in [3.8, 4) is 0 Å². The molecule has 1 saturated carbocycles. The van der Waals surface area contributed by atoms with Gasteiger partial charge in [0, 0.05) is 12.8 Å². The molecule has 25 heavy (non-hydrogen) atoms. The average Bonchev–Trinajstić information content (AvgIpc) is 2.53. The minimum Gasteiger partial charge on any atom is -0.299 e. The number of benzene rings is 1. The van der Waals surface area contributed by atoms with E-state index in [-0.39, 0.29) is 28.1 Å². The number of sulfone groups is 1. The Labute approximate surface area is 150 Å². The second-order valence-electron chi connectivity index (χ2n) is 7.37. The Hall–Kier alpha value is -1.75. The minimum atomic E-state index is -3.39. The molecule has 2 rings (SSSR count). The minimum absolute atomic E-state index is 0.0127. The van der Waals surface area contributed by atoms with Crippen molar-refractivity contribution in [2.75, 3.05) is 5.75 Å². The van der Waals surface area contributed by atoms with Crippen LogP contribution in [0.2, 0.25) is 0 Å². The zero-order valence-corrected chi connectivity index (χ0v) is 15.8. The number of carbonyl (C=O) groups is 2. The summed E-state index contributed by atoms with van der Waals surface area (Å²) in [4.78, 5) is 24.9. The molecule has 5 heteroatoms. The molecule has 0 aliphatic heterocycles. The van der Waals surface area contributed by atoms with Gasteiger partial charge < -0.3 is 0 Å². The normalized spacial score (nSPS) is 24.3. The van der Waals surface area contributed by atoms with Crippen molar-refractivity contribution in [2.45, 2.75) is 50.8 Å². The molecule has 0 spiro atoms. The number of rotatable bonds is 7. The summed E-state index contributed by atoms with van der Waals surface area (Å²) in [6.07, 6.45) is 2.45. The summed E-state index contributed by atoms with van der Waals surface area (Å²) in [6, 6.07) is 8.30. The predicted molar refractivity (Wildman–Crippen MR) is 98.0 cm³/mol. The Morgan fingerprint density at radius 3 is 2.28 bits per heavy atom. The van der Waals surface area contributed by atoms with Gasteiger partial charge in [-0.1, -0.05) is 37.3 Å². The van der Waals surface area contributed by atoms with E-state index in [1.807, 2.05) is 6.92 Å². The summed E-state index contributed by atoms with van der Waals surface area (Å²) in [6.45, 7) is 7.52. The SMILES string of the molecule is C=C(CCCC1(C)C(=O)CC(C)CC1=O)CS(=O)(=O)c1ccccc1. The number of hydrogen-bond donors (Lipinski definition) is 0. The molecule has 136 valence electrons. The molecule has 4 nitrogen and oxygen atoms in total. The highest BCUT2D eigenvalue weighted by molar-refractivity contribution is 7.91. The lowest BCUT2D eigenvalue weighted by atomic mass is 9.67. The first-order chi connectivity index (χ1) is 11.6. The molecule has 0 bridgehead atoms. The van der Waals surface area contributed by atoms with Gasteiger partial charge in [-0.05, 0) is 44.2 Å². The third-order valence-corrected chi connectivity index (χ3v) is 6.78. The van der Waals surface area contributed by atoms with Gasteiger partial charge in [-0.15, -0.1) is 0 Å². The summed E-state index contributed by atoms with van der Waals surface area (Å²) in [5, 5.41) is 0. The Balaban J connectivity index is 1.90. The predicted octanol–water partition coefficient (Wildman–Crippen LogP) is 3.76. The Morgan fingerprint density at radius 2 is 1.72 bits per heavy atom. The topological polar surface area (TPSA) is 68.3 Å². The maximum absolute atomic E-state index is 12.3. The van der Waals surface area contributed by atoms with E-state index in [1.165, 1.54) is 0 Å². The molecular weight excluding hydrogens is 336 g/mol. The van der Waals surface area contributed by atoms with Crippen LogP contribution in [0.25, 0.3) is 0 Å². The van der Waals surface area contributed by atoms with Crippen molar-refractivity contribution in [3.05, 3.63) is 42.5 Å². The molecule has 1 aliphatic carbocycles. The van der Waals surface area contributed by atoms with E-state index < -0.39 is 15.3 Å². The average molecular weight is 362 g/mol. The van der Waals surface area contributed by atoms with Crippen LogP contribution in [0.15, 0.2) is 47.4 Å². The van der Waals surface area contributed by atoms with Gasteiger partial charge in [0.05, 0.1) is 16.1 Å². The molecule has 0 heterocycles. The second kappa shape index (κ2) is 7.65. The third-order valence-electron chi connectivity index (χ3n) is 5.00. The molecule has 0 amide bonds. The van der Waals surface area contributed by atoms with Crippen LogP contribution in [0, 0.1) is 11.3 Å². The van der Waals surface area contributed by atoms with Crippen molar-refractivity contribution in [3.63, 3.8) is 0 Å². The number of hydrogen-bond acceptors (Lipinski definition) is 4. The van der Waals surface area contributed by atoms with E-state index in [0.717, 1.165) is 0 Å². The van der Waals surface area contributed by atoms with Crippen LogP contribution in [0.4, 0.5) is 0 Å². The van der Waals surface area contributed by atoms with Gasteiger partial charge in [-0.2, -0.15) is 0 Å². The maximum Gasteiger partial charge on any atom is 0.182 e. The highest BCUT2D eigenvalue weighted by Gasteiger charge is 2.43. The summed E-state index contributed by atoms with van der Waals surface area (Å²) < 4.78 is 24.7. The first-order valence-corrected chi connectivity index (χ1v) is 10.3. The Kier molecular flexibility index (Phi) is 5.99. The summed E-state index contributed by atoms with van der Waals surface area (Å²) in [5.41, 5.74) is -0.304. The van der Waals surface area contributed by atoms with Crippen molar-refractivity contribution >= 4 is 21.4 Å². The van der Waals surface area contributed by atoms with Crippen LogP contribution in [0.3, 0.4) is 0 Å². The van der Waals surface area contributed by atoms with Crippen molar-refractivity contribution < 1.29 is 18.0 Å². The molecule has 1 fully saturated rings. The Morgan fingerprint density at radius 1 is 1.16 bits per heavy atom. The van der Waals surface area contributed by atoms with E-state index in [0.29, 0.717) is 37.7 Å². The van der Waals surface area contributed by atoms with Gasteiger partial charge in [-0.3, -0.25) is 9.59 Å². The molecule has 0 aromatic heterocycles. The van der Waals surface area contributed by atoms with Gasteiger partial charge in [0.2, 0.25) is 0 Å². The molecule has 0 radical (unpaired) electrons. The van der Waals surface area contributed by atoms with Gasteiger partial charge in [0.1, 0.15) is 11.6 Å². The van der Waals surface area contributed by atoms with Crippen molar-refractivity contribution in [1.82, 2.24) is 0 Å². The van der Waals surface area contributed by atoms with Crippen molar-refractivity contribution in [1.29, 1.82) is 0 Å². The summed E-state index contributed by atoms with van der Waals surface area (Å²) in [5.74, 6) is 0.0451. The molecule has 0 saturated heterocycles. The quantitative estimate of drug-likeness (QED) is 0.547. The first kappa shape index (κ1) is 19.6. The van der Waals surface area contributed by atoms with Crippen LogP contribution in [-0.4, -0.2) is 25.7 Å². The van der Waals surface area contributed by atoms with Gasteiger partial charge in [-0.25, -0.2) is 8.42 Å². The van der Waals surface area contributed by atoms with Crippen LogP contribution in [0.1, 0.15) is 46.0 Å². The van der Waals surface area contributed by atoms with Crippen LogP contribution < -0.4 is 0 Å². The molecule has 1 aromatic carbocycles. The van der Waals surface area contributed by atoms with Gasteiger partial charge >= 0.3 is 0 Å². The molecule has 0 N–H and O–H groups in total. The number of ketones is 2. The number of Topliss-reactive ketones (excluding diaryl/α,β-unsaturated/α-hetero) is 2. The van der Waals surface area contributed by atoms with E-state index in [4.69, 9.17) is 0 Å². The van der Waals surface area contributed by atoms with Gasteiger partial charge in [0.25, 0.3) is 0 Å². The fourth-order valence-corrected chi connectivity index (χ4v) is 4.75.